The van der Waals surface area contributed by atoms with Gasteiger partial charge in [0, 0.05) is 19.7 Å². The number of carbonyl (C=O) groups excluding carboxylic acids is 1. The van der Waals surface area contributed by atoms with Crippen molar-refractivity contribution in [3.63, 3.8) is 0 Å². The minimum Gasteiger partial charge on any atom is -0.457 e. The van der Waals surface area contributed by atoms with Crippen molar-refractivity contribution in [1.82, 2.24) is 14.9 Å². The molecule has 8 nitrogen and oxygen atoms in total. The molecule has 0 saturated carbocycles. The molecule has 2 rings (SSSR count). The van der Waals surface area contributed by atoms with Gasteiger partial charge in [-0.1, -0.05) is 26.5 Å². The average Bonchev–Trinajstić information content (AvgIpc) is 3.00. The Kier molecular flexibility index (Phi) is 9.16. The summed E-state index contributed by atoms with van der Waals surface area (Å²) in [4.78, 5) is 35.2. The first kappa shape index (κ1) is 24.2. The van der Waals surface area contributed by atoms with Gasteiger partial charge in [-0.25, -0.2) is 9.78 Å². The number of fused-ring (bicyclic) bond motifs is 1. The Labute approximate surface area is 180 Å². The molecule has 2 N–H and O–H groups in total. The Morgan fingerprint density at radius 1 is 1.40 bits per heavy atom. The van der Waals surface area contributed by atoms with Gasteiger partial charge in [-0.3, -0.25) is 9.69 Å². The first-order valence-corrected chi connectivity index (χ1v) is 10.9. The van der Waals surface area contributed by atoms with Crippen LogP contribution in [0.1, 0.15) is 41.8 Å². The number of hydrogen-bond acceptors (Lipinski definition) is 8. The third kappa shape index (κ3) is 6.46. The number of thiophene rings is 1. The van der Waals surface area contributed by atoms with E-state index in [4.69, 9.17) is 9.47 Å². The molecule has 0 aliphatic rings. The van der Waals surface area contributed by atoms with Crippen LogP contribution in [0.5, 0.6) is 0 Å². The third-order valence-corrected chi connectivity index (χ3v) is 5.51. The fourth-order valence-electron chi connectivity index (χ4n) is 3.19. The first-order valence-electron chi connectivity index (χ1n) is 10.0. The summed E-state index contributed by atoms with van der Waals surface area (Å²) in [6.07, 6.45) is 0.863. The SMILES string of the molecule is C=CCOC(=O)c1sc2nc(CN(CC(C)C)CC(O)COCC)[nH]c(=O)c2c1C. The first-order chi connectivity index (χ1) is 14.3. The van der Waals surface area contributed by atoms with Crippen LogP contribution in [0, 0.1) is 12.8 Å². The van der Waals surface area contributed by atoms with E-state index in [1.807, 2.05) is 11.8 Å². The summed E-state index contributed by atoms with van der Waals surface area (Å²) < 4.78 is 10.4. The molecule has 1 atom stereocenters. The predicted molar refractivity (Wildman–Crippen MR) is 118 cm³/mol. The number of H-pyrrole nitrogens is 1. The highest BCUT2D eigenvalue weighted by Crippen LogP contribution is 2.27. The smallest absolute Gasteiger partial charge is 0.348 e. The highest BCUT2D eigenvalue weighted by molar-refractivity contribution is 7.20. The van der Waals surface area contributed by atoms with E-state index in [-0.39, 0.29) is 18.8 Å². The van der Waals surface area contributed by atoms with Crippen LogP contribution < -0.4 is 5.56 Å². The lowest BCUT2D eigenvalue weighted by atomic mass is 10.2. The van der Waals surface area contributed by atoms with E-state index in [0.29, 0.717) is 52.1 Å². The molecule has 2 aromatic heterocycles. The van der Waals surface area contributed by atoms with Crippen LogP contribution in [0.2, 0.25) is 0 Å². The van der Waals surface area contributed by atoms with Gasteiger partial charge in [-0.15, -0.1) is 11.3 Å². The average molecular weight is 438 g/mol. The summed E-state index contributed by atoms with van der Waals surface area (Å²) in [5, 5.41) is 10.6. The summed E-state index contributed by atoms with van der Waals surface area (Å²) in [5.74, 6) is 0.371. The second kappa shape index (κ2) is 11.4. The normalized spacial score (nSPS) is 12.6. The zero-order valence-electron chi connectivity index (χ0n) is 18.1. The Morgan fingerprint density at radius 2 is 2.13 bits per heavy atom. The van der Waals surface area contributed by atoms with Gasteiger partial charge < -0.3 is 19.6 Å². The quantitative estimate of drug-likeness (QED) is 0.388. The predicted octanol–water partition coefficient (Wildman–Crippen LogP) is 2.49. The van der Waals surface area contributed by atoms with E-state index >= 15 is 0 Å². The zero-order valence-corrected chi connectivity index (χ0v) is 18.9. The molecular formula is C21H31N3O5S. The van der Waals surface area contributed by atoms with Crippen LogP contribution in [-0.4, -0.2) is 65.0 Å². The number of carbonyl (C=O) groups is 1. The lowest BCUT2D eigenvalue weighted by Gasteiger charge is -2.26. The van der Waals surface area contributed by atoms with Crippen LogP contribution >= 0.6 is 11.3 Å². The molecule has 0 amide bonds. The number of aliphatic hydroxyl groups excluding tert-OH is 1. The molecule has 0 aliphatic carbocycles. The number of nitrogens with zero attached hydrogens (tertiary/aromatic N) is 2. The molecule has 2 aromatic rings. The van der Waals surface area contributed by atoms with Crippen LogP contribution in [0.3, 0.4) is 0 Å². The monoisotopic (exact) mass is 437 g/mol. The number of esters is 1. The highest BCUT2D eigenvalue weighted by Gasteiger charge is 2.21. The van der Waals surface area contributed by atoms with Crippen molar-refractivity contribution >= 4 is 27.5 Å². The lowest BCUT2D eigenvalue weighted by Crippen LogP contribution is -2.37. The van der Waals surface area contributed by atoms with E-state index < -0.39 is 12.1 Å². The molecule has 0 fully saturated rings. The molecule has 0 bridgehead atoms. The largest absolute Gasteiger partial charge is 0.457 e. The number of aryl methyl sites for hydroxylation is 1. The summed E-state index contributed by atoms with van der Waals surface area (Å²) >= 11 is 1.15. The molecule has 9 heteroatoms. The maximum absolute atomic E-state index is 12.7. The van der Waals surface area contributed by atoms with E-state index in [1.54, 1.807) is 6.92 Å². The fourth-order valence-corrected chi connectivity index (χ4v) is 4.29. The van der Waals surface area contributed by atoms with Gasteiger partial charge in [0.05, 0.1) is 24.6 Å². The second-order valence-electron chi connectivity index (χ2n) is 7.54. The highest BCUT2D eigenvalue weighted by atomic mass is 32.1. The molecule has 0 aromatic carbocycles. The van der Waals surface area contributed by atoms with E-state index in [9.17, 15) is 14.7 Å². The number of ether oxygens (including phenoxy) is 2. The Morgan fingerprint density at radius 3 is 2.77 bits per heavy atom. The van der Waals surface area contributed by atoms with Crippen LogP contribution in [0.4, 0.5) is 0 Å². The zero-order chi connectivity index (χ0) is 22.3. The molecule has 166 valence electrons. The van der Waals surface area contributed by atoms with Crippen molar-refractivity contribution in [3.8, 4) is 0 Å². The van der Waals surface area contributed by atoms with Crippen molar-refractivity contribution in [1.29, 1.82) is 0 Å². The standard InChI is InChI=1S/C21H31N3O5S/c1-6-8-29-21(27)18-14(5)17-19(26)22-16(23-20(17)30-18)11-24(9-13(3)4)10-15(25)12-28-7-2/h6,13,15,25H,1,7-12H2,2-5H3,(H,22,23,26). The number of aromatic amines is 1. The van der Waals surface area contributed by atoms with Crippen molar-refractivity contribution < 1.29 is 19.4 Å². The van der Waals surface area contributed by atoms with E-state index in [1.165, 1.54) is 6.08 Å². The second-order valence-corrected chi connectivity index (χ2v) is 8.54. The molecule has 0 saturated heterocycles. The van der Waals surface area contributed by atoms with Gasteiger partial charge in [-0.05, 0) is 25.3 Å². The number of rotatable bonds is 12. The van der Waals surface area contributed by atoms with Gasteiger partial charge in [0.15, 0.2) is 0 Å². The lowest BCUT2D eigenvalue weighted by molar-refractivity contribution is 0.0170. The molecule has 30 heavy (non-hydrogen) atoms. The Bertz CT molecular complexity index is 921. The van der Waals surface area contributed by atoms with Crippen molar-refractivity contribution in [2.45, 2.75) is 40.3 Å². The summed E-state index contributed by atoms with van der Waals surface area (Å²) in [7, 11) is 0. The van der Waals surface area contributed by atoms with Crippen molar-refractivity contribution in [2.24, 2.45) is 5.92 Å². The van der Waals surface area contributed by atoms with Crippen LogP contribution in [0.25, 0.3) is 10.2 Å². The van der Waals surface area contributed by atoms with Crippen LogP contribution in [0.15, 0.2) is 17.4 Å². The summed E-state index contributed by atoms with van der Waals surface area (Å²) in [6.45, 7) is 13.7. The molecule has 0 radical (unpaired) electrons. The van der Waals surface area contributed by atoms with Gasteiger partial charge in [0.25, 0.3) is 5.56 Å². The molecule has 0 aliphatic heterocycles. The Hall–Kier alpha value is -2.07. The van der Waals surface area contributed by atoms with E-state index in [0.717, 1.165) is 17.9 Å². The van der Waals surface area contributed by atoms with E-state index in [2.05, 4.69) is 30.4 Å². The maximum Gasteiger partial charge on any atom is 0.348 e. The Balaban J connectivity index is 2.28. The minimum atomic E-state index is -0.630. The number of nitrogens with one attached hydrogen (secondary N) is 1. The molecular weight excluding hydrogens is 406 g/mol. The molecule has 1 unspecified atom stereocenters. The van der Waals surface area contributed by atoms with Crippen molar-refractivity contribution in [3.05, 3.63) is 39.3 Å². The van der Waals surface area contributed by atoms with Gasteiger partial charge in [0.2, 0.25) is 0 Å². The van der Waals surface area contributed by atoms with Gasteiger partial charge >= 0.3 is 5.97 Å². The number of aliphatic hydroxyl groups is 1. The van der Waals surface area contributed by atoms with Gasteiger partial charge in [-0.2, -0.15) is 0 Å². The molecule has 2 heterocycles. The van der Waals surface area contributed by atoms with Crippen molar-refractivity contribution in [2.75, 3.05) is 32.9 Å². The fraction of sp³-hybridized carbons (Fsp3) is 0.571. The number of hydrogen-bond donors (Lipinski definition) is 2. The minimum absolute atomic E-state index is 0.107. The molecule has 0 spiro atoms. The summed E-state index contributed by atoms with van der Waals surface area (Å²) in [6, 6.07) is 0. The topological polar surface area (TPSA) is 105 Å². The third-order valence-electron chi connectivity index (χ3n) is 4.35. The van der Waals surface area contributed by atoms with Crippen LogP contribution in [-0.2, 0) is 16.0 Å². The van der Waals surface area contributed by atoms with Gasteiger partial charge in [0.1, 0.15) is 22.1 Å². The maximum atomic E-state index is 12.7. The number of aromatic nitrogens is 2. The summed E-state index contributed by atoms with van der Waals surface area (Å²) in [5.41, 5.74) is 0.279.